The van der Waals surface area contributed by atoms with E-state index in [1.165, 1.54) is 24.3 Å². The minimum absolute atomic E-state index is 0.0321. The van der Waals surface area contributed by atoms with Crippen molar-refractivity contribution in [1.82, 2.24) is 10.2 Å². The number of carbonyl (C=O) groups excluding carboxylic acids is 1. The highest BCUT2D eigenvalue weighted by molar-refractivity contribution is 7.99. The molecule has 1 heterocycles. The highest BCUT2D eigenvalue weighted by atomic mass is 32.2. The van der Waals surface area contributed by atoms with E-state index < -0.39 is 16.6 Å². The third kappa shape index (κ3) is 5.24. The van der Waals surface area contributed by atoms with Crippen molar-refractivity contribution < 1.29 is 14.1 Å². The first kappa shape index (κ1) is 21.9. The predicted octanol–water partition coefficient (Wildman–Crippen LogP) is 4.98. The van der Waals surface area contributed by atoms with Gasteiger partial charge in [0, 0.05) is 33.3 Å². The van der Waals surface area contributed by atoms with Gasteiger partial charge < -0.3 is 10.2 Å². The van der Waals surface area contributed by atoms with E-state index in [1.807, 2.05) is 36.5 Å². The van der Waals surface area contributed by atoms with Crippen molar-refractivity contribution in [2.24, 2.45) is 0 Å². The van der Waals surface area contributed by atoms with Gasteiger partial charge in [-0.15, -0.1) is 11.3 Å². The van der Waals surface area contributed by atoms with Gasteiger partial charge in [0.2, 0.25) is 0 Å². The molecule has 30 heavy (non-hydrogen) atoms. The van der Waals surface area contributed by atoms with Crippen LogP contribution in [0.3, 0.4) is 0 Å². The molecule has 1 N–H and O–H groups in total. The van der Waals surface area contributed by atoms with Crippen LogP contribution >= 0.6 is 23.1 Å². The van der Waals surface area contributed by atoms with Gasteiger partial charge in [0.05, 0.1) is 16.5 Å². The molecule has 0 saturated carbocycles. The zero-order chi connectivity index (χ0) is 21.7. The number of nitro groups is 1. The van der Waals surface area contributed by atoms with Crippen molar-refractivity contribution >= 4 is 34.7 Å². The highest BCUT2D eigenvalue weighted by Gasteiger charge is 2.21. The Hall–Kier alpha value is -2.75. The summed E-state index contributed by atoms with van der Waals surface area (Å²) in [6, 6.07) is 14.1. The molecule has 0 radical (unpaired) electrons. The number of non-ortho nitro benzene ring substituents is 1. The fraction of sp³-hybridized carbons (Fsp3) is 0.190. The van der Waals surface area contributed by atoms with Crippen molar-refractivity contribution in [3.8, 4) is 0 Å². The number of rotatable bonds is 8. The second kappa shape index (κ2) is 9.84. The summed E-state index contributed by atoms with van der Waals surface area (Å²) in [7, 11) is 3.84. The van der Waals surface area contributed by atoms with Crippen LogP contribution in [0, 0.1) is 15.9 Å². The van der Waals surface area contributed by atoms with Gasteiger partial charge in [0.25, 0.3) is 11.6 Å². The molecule has 0 bridgehead atoms. The summed E-state index contributed by atoms with van der Waals surface area (Å²) < 4.78 is 14.1. The molecule has 1 amide bonds. The molecular weight excluding hydrogens is 425 g/mol. The lowest BCUT2D eigenvalue weighted by atomic mass is 10.1. The molecule has 3 rings (SSSR count). The van der Waals surface area contributed by atoms with E-state index in [1.54, 1.807) is 29.5 Å². The number of nitrogens with zero attached hydrogens (tertiary/aromatic N) is 2. The Morgan fingerprint density at radius 1 is 1.20 bits per heavy atom. The van der Waals surface area contributed by atoms with Crippen molar-refractivity contribution in [3.63, 3.8) is 0 Å². The molecule has 0 aliphatic carbocycles. The summed E-state index contributed by atoms with van der Waals surface area (Å²) in [6.45, 7) is 0.332. The minimum atomic E-state index is -0.553. The van der Waals surface area contributed by atoms with E-state index in [2.05, 4.69) is 5.32 Å². The summed E-state index contributed by atoms with van der Waals surface area (Å²) >= 11 is 2.65. The maximum atomic E-state index is 14.1. The zero-order valence-electron chi connectivity index (χ0n) is 16.4. The van der Waals surface area contributed by atoms with Crippen LogP contribution in [0.5, 0.6) is 0 Å². The Bertz CT molecular complexity index is 1040. The molecule has 0 fully saturated rings. The molecule has 9 heteroatoms. The van der Waals surface area contributed by atoms with E-state index in [9.17, 15) is 19.3 Å². The number of likely N-dealkylation sites (N-methyl/N-ethyl adjacent to an activating group) is 1. The van der Waals surface area contributed by atoms with Crippen LogP contribution in [-0.4, -0.2) is 36.4 Å². The van der Waals surface area contributed by atoms with Crippen LogP contribution in [0.15, 0.2) is 69.8 Å². The van der Waals surface area contributed by atoms with E-state index in [-0.39, 0.29) is 17.3 Å². The molecule has 0 aliphatic heterocycles. The quantitative estimate of drug-likeness (QED) is 0.391. The van der Waals surface area contributed by atoms with E-state index in [4.69, 9.17) is 0 Å². The smallest absolute Gasteiger partial charge is 0.270 e. The normalized spacial score (nSPS) is 12.0. The van der Waals surface area contributed by atoms with Crippen molar-refractivity contribution in [2.45, 2.75) is 15.8 Å². The minimum Gasteiger partial charge on any atom is -0.350 e. The second-order valence-corrected chi connectivity index (χ2v) is 8.74. The van der Waals surface area contributed by atoms with Crippen molar-refractivity contribution in [1.29, 1.82) is 0 Å². The number of nitrogens with one attached hydrogen (secondary N) is 1. The summed E-state index contributed by atoms with van der Waals surface area (Å²) in [5, 5.41) is 16.1. The molecule has 1 atom stereocenters. The number of carbonyl (C=O) groups is 1. The third-order valence-corrected chi connectivity index (χ3v) is 6.53. The molecule has 1 aromatic heterocycles. The lowest BCUT2D eigenvalue weighted by molar-refractivity contribution is -0.384. The Kier molecular flexibility index (Phi) is 7.20. The zero-order valence-corrected chi connectivity index (χ0v) is 18.0. The van der Waals surface area contributed by atoms with E-state index >= 15 is 0 Å². The summed E-state index contributed by atoms with van der Waals surface area (Å²) in [6.07, 6.45) is 0. The number of hydrogen-bond acceptors (Lipinski definition) is 6. The largest absolute Gasteiger partial charge is 0.350 e. The lowest BCUT2D eigenvalue weighted by Gasteiger charge is -2.23. The summed E-state index contributed by atoms with van der Waals surface area (Å²) in [5.41, 5.74) is -0.0541. The van der Waals surface area contributed by atoms with Gasteiger partial charge in [-0.1, -0.05) is 30.0 Å². The van der Waals surface area contributed by atoms with Gasteiger partial charge >= 0.3 is 0 Å². The molecule has 2 aromatic carbocycles. The first-order valence-electron chi connectivity index (χ1n) is 9.05. The van der Waals surface area contributed by atoms with Crippen LogP contribution in [0.25, 0.3) is 0 Å². The van der Waals surface area contributed by atoms with Gasteiger partial charge in [0.1, 0.15) is 5.82 Å². The first-order chi connectivity index (χ1) is 14.4. The molecular formula is C21H20FN3O3S2. The van der Waals surface area contributed by atoms with Gasteiger partial charge in [-0.25, -0.2) is 4.39 Å². The standard InChI is InChI=1S/C21H20FN3O3S2/c1-24(2)17(20-8-5-11-29-20)13-23-21(26)15-12-14(25(27)28)9-10-18(15)30-19-7-4-3-6-16(19)22/h3-12,17H,13H2,1-2H3,(H,23,26). The number of nitro benzene ring substituents is 1. The molecule has 3 aromatic rings. The van der Waals surface area contributed by atoms with Crippen molar-refractivity contribution in [3.05, 3.63) is 86.3 Å². The average Bonchev–Trinajstić information content (AvgIpc) is 3.24. The Labute approximate surface area is 181 Å². The number of hydrogen-bond donors (Lipinski definition) is 1. The van der Waals surface area contributed by atoms with Crippen LogP contribution < -0.4 is 5.32 Å². The predicted molar refractivity (Wildman–Crippen MR) is 117 cm³/mol. The van der Waals surface area contributed by atoms with E-state index in [0.717, 1.165) is 16.6 Å². The summed E-state index contributed by atoms with van der Waals surface area (Å²) in [5.74, 6) is -0.862. The molecule has 156 valence electrons. The van der Waals surface area contributed by atoms with E-state index in [0.29, 0.717) is 16.3 Å². The number of halogens is 1. The monoisotopic (exact) mass is 445 g/mol. The fourth-order valence-corrected chi connectivity index (χ4v) is 4.72. The average molecular weight is 446 g/mol. The van der Waals surface area contributed by atoms with Gasteiger partial charge in [-0.2, -0.15) is 0 Å². The number of benzene rings is 2. The number of thiophene rings is 1. The van der Waals surface area contributed by atoms with Crippen LogP contribution in [0.2, 0.25) is 0 Å². The molecule has 0 saturated heterocycles. The van der Waals surface area contributed by atoms with Crippen LogP contribution in [0.4, 0.5) is 10.1 Å². The Balaban J connectivity index is 1.86. The van der Waals surface area contributed by atoms with Gasteiger partial charge in [0.15, 0.2) is 0 Å². The highest BCUT2D eigenvalue weighted by Crippen LogP contribution is 2.34. The Morgan fingerprint density at radius 2 is 1.97 bits per heavy atom. The lowest BCUT2D eigenvalue weighted by Crippen LogP contribution is -2.34. The molecule has 0 aliphatic rings. The van der Waals surface area contributed by atoms with Crippen LogP contribution in [0.1, 0.15) is 21.3 Å². The number of amides is 1. The van der Waals surface area contributed by atoms with Crippen LogP contribution in [-0.2, 0) is 0 Å². The topological polar surface area (TPSA) is 75.5 Å². The fourth-order valence-electron chi connectivity index (χ4n) is 2.85. The first-order valence-corrected chi connectivity index (χ1v) is 10.7. The maximum absolute atomic E-state index is 14.1. The Morgan fingerprint density at radius 3 is 2.60 bits per heavy atom. The third-order valence-electron chi connectivity index (χ3n) is 4.43. The summed E-state index contributed by atoms with van der Waals surface area (Å²) in [4.78, 5) is 27.5. The molecule has 1 unspecified atom stereocenters. The van der Waals surface area contributed by atoms with Crippen molar-refractivity contribution in [2.75, 3.05) is 20.6 Å². The molecule has 0 spiro atoms. The molecule has 6 nitrogen and oxygen atoms in total. The SMILES string of the molecule is CN(C)C(CNC(=O)c1cc([N+](=O)[O-])ccc1Sc1ccccc1F)c1cccs1. The second-order valence-electron chi connectivity index (χ2n) is 6.67. The maximum Gasteiger partial charge on any atom is 0.270 e. The van der Waals surface area contributed by atoms with Gasteiger partial charge in [-0.05, 0) is 43.7 Å². The van der Waals surface area contributed by atoms with Gasteiger partial charge in [-0.3, -0.25) is 14.9 Å².